The molecule has 8 heteroatoms. The molecule has 154 valence electrons. The van der Waals surface area contributed by atoms with E-state index in [4.69, 9.17) is 4.98 Å². The third-order valence-corrected chi connectivity index (χ3v) is 6.12. The Labute approximate surface area is 183 Å². The van der Waals surface area contributed by atoms with E-state index in [9.17, 15) is 4.79 Å². The molecule has 3 aromatic heterocycles. The first kappa shape index (κ1) is 19.3. The molecule has 0 unspecified atom stereocenters. The second-order valence-electron chi connectivity index (χ2n) is 7.54. The lowest BCUT2D eigenvalue weighted by atomic mass is 10.1. The number of carbonyl (C=O) groups is 1. The first-order chi connectivity index (χ1) is 15.0. The number of rotatable bonds is 4. The zero-order valence-corrected chi connectivity index (χ0v) is 18.2. The molecule has 0 spiro atoms. The molecule has 3 heterocycles. The van der Waals surface area contributed by atoms with Crippen LogP contribution in [0.2, 0.25) is 0 Å². The smallest absolute Gasteiger partial charge is 0.277 e. The van der Waals surface area contributed by atoms with E-state index in [2.05, 4.69) is 34.1 Å². The first-order valence-electron chi connectivity index (χ1n) is 9.91. The number of anilines is 1. The Morgan fingerprint density at radius 3 is 2.65 bits per heavy atom. The summed E-state index contributed by atoms with van der Waals surface area (Å²) in [6, 6.07) is 15.9. The molecule has 0 N–H and O–H groups in total. The molecule has 2 aromatic carbocycles. The minimum Gasteiger partial charge on any atom is -0.277 e. The number of amides is 1. The highest BCUT2D eigenvalue weighted by Gasteiger charge is 2.26. The molecule has 5 rings (SSSR count). The molecule has 0 aliphatic carbocycles. The topological polar surface area (TPSA) is 76.3 Å². The molecule has 1 amide bonds. The second kappa shape index (κ2) is 7.55. The molecule has 0 atom stereocenters. The van der Waals surface area contributed by atoms with Crippen molar-refractivity contribution in [1.82, 2.24) is 24.6 Å². The number of hydrogen-bond donors (Lipinski definition) is 0. The number of aryl methyl sites for hydroxylation is 3. The van der Waals surface area contributed by atoms with E-state index in [1.165, 1.54) is 16.9 Å². The molecule has 0 saturated heterocycles. The minimum absolute atomic E-state index is 0.102. The van der Waals surface area contributed by atoms with Crippen LogP contribution in [-0.4, -0.2) is 30.5 Å². The fourth-order valence-corrected chi connectivity index (χ4v) is 4.72. The summed E-state index contributed by atoms with van der Waals surface area (Å²) in [6.07, 6.45) is 1.66. The van der Waals surface area contributed by atoms with E-state index >= 15 is 0 Å². The van der Waals surface area contributed by atoms with Gasteiger partial charge < -0.3 is 0 Å². The Balaban J connectivity index is 1.62. The van der Waals surface area contributed by atoms with Gasteiger partial charge in [0.1, 0.15) is 0 Å². The fraction of sp³-hybridized carbons (Fsp3) is 0.174. The third-order valence-electron chi connectivity index (χ3n) is 5.10. The second-order valence-corrected chi connectivity index (χ2v) is 8.54. The number of benzene rings is 2. The highest BCUT2D eigenvalue weighted by molar-refractivity contribution is 7.22. The van der Waals surface area contributed by atoms with Crippen molar-refractivity contribution in [3.05, 3.63) is 82.9 Å². The summed E-state index contributed by atoms with van der Waals surface area (Å²) in [5.74, 6) is 0.200. The summed E-state index contributed by atoms with van der Waals surface area (Å²) in [5.41, 5.74) is 5.04. The lowest BCUT2D eigenvalue weighted by Gasteiger charge is -2.18. The zero-order chi connectivity index (χ0) is 21.5. The van der Waals surface area contributed by atoms with Crippen LogP contribution in [0.15, 0.2) is 54.7 Å². The number of fused-ring (bicyclic) bond motifs is 2. The van der Waals surface area contributed by atoms with Crippen LogP contribution in [0, 0.1) is 20.8 Å². The number of carbonyl (C=O) groups excluding carboxylic acids is 1. The number of nitrogens with zero attached hydrogens (tertiary/aromatic N) is 6. The molecule has 0 bridgehead atoms. The fourth-order valence-electron chi connectivity index (χ4n) is 3.58. The summed E-state index contributed by atoms with van der Waals surface area (Å²) in [7, 11) is 0. The first-order valence-corrected chi connectivity index (χ1v) is 10.7. The van der Waals surface area contributed by atoms with E-state index < -0.39 is 0 Å². The molecular weight excluding hydrogens is 408 g/mol. The van der Waals surface area contributed by atoms with Crippen molar-refractivity contribution in [2.75, 3.05) is 4.90 Å². The van der Waals surface area contributed by atoms with Crippen LogP contribution in [0.3, 0.4) is 0 Å². The number of aromatic nitrogens is 5. The van der Waals surface area contributed by atoms with Gasteiger partial charge >= 0.3 is 0 Å². The van der Waals surface area contributed by atoms with Crippen molar-refractivity contribution < 1.29 is 4.79 Å². The summed E-state index contributed by atoms with van der Waals surface area (Å²) in [6.45, 7) is 6.38. The molecular formula is C23H20N6OS. The summed E-state index contributed by atoms with van der Waals surface area (Å²) >= 11 is 1.50. The van der Waals surface area contributed by atoms with E-state index in [0.717, 1.165) is 27.0 Å². The Morgan fingerprint density at radius 2 is 1.87 bits per heavy atom. The third kappa shape index (κ3) is 3.55. The van der Waals surface area contributed by atoms with E-state index in [1.54, 1.807) is 15.6 Å². The Morgan fingerprint density at radius 1 is 1.06 bits per heavy atom. The molecule has 0 fully saturated rings. The normalized spacial score (nSPS) is 11.3. The monoisotopic (exact) mass is 428 g/mol. The predicted octanol–water partition coefficient (Wildman–Crippen LogP) is 4.51. The molecule has 5 aromatic rings. The van der Waals surface area contributed by atoms with E-state index in [0.29, 0.717) is 17.5 Å². The van der Waals surface area contributed by atoms with Crippen molar-refractivity contribution in [1.29, 1.82) is 0 Å². The summed E-state index contributed by atoms with van der Waals surface area (Å²) in [5, 5.41) is 5.04. The summed E-state index contributed by atoms with van der Waals surface area (Å²) < 4.78 is 2.64. The molecule has 0 saturated carbocycles. The largest absolute Gasteiger partial charge is 0.300 e. The van der Waals surface area contributed by atoms with Gasteiger partial charge in [-0.15, -0.1) is 5.10 Å². The van der Waals surface area contributed by atoms with Crippen molar-refractivity contribution in [2.24, 2.45) is 0 Å². The standard InChI is InChI=1S/C23H20N6OS/c1-14-11-15(2)19-18(12-14)31-23(25-19)28(13-17-7-5-4-6-8-17)21(30)20-26-22-24-10-9-16(3)29(22)27-20/h4-12H,13H2,1-3H3. The minimum atomic E-state index is -0.304. The molecule has 31 heavy (non-hydrogen) atoms. The SMILES string of the molecule is Cc1cc(C)c2nc(N(Cc3ccccc3)C(=O)c3nc4nccc(C)n4n3)sc2c1. The maximum absolute atomic E-state index is 13.6. The van der Waals surface area contributed by atoms with Crippen LogP contribution in [0.4, 0.5) is 5.13 Å². The summed E-state index contributed by atoms with van der Waals surface area (Å²) in [4.78, 5) is 28.6. The average Bonchev–Trinajstić information content (AvgIpc) is 3.38. The van der Waals surface area contributed by atoms with Crippen LogP contribution < -0.4 is 4.90 Å². The highest BCUT2D eigenvalue weighted by Crippen LogP contribution is 2.33. The van der Waals surface area contributed by atoms with Crippen LogP contribution in [-0.2, 0) is 6.54 Å². The van der Waals surface area contributed by atoms with Gasteiger partial charge in [0.05, 0.1) is 16.8 Å². The number of thiazole rings is 1. The van der Waals surface area contributed by atoms with Crippen LogP contribution in [0.5, 0.6) is 0 Å². The van der Waals surface area contributed by atoms with Crippen molar-refractivity contribution in [3.63, 3.8) is 0 Å². The van der Waals surface area contributed by atoms with Gasteiger partial charge in [-0.05, 0) is 49.6 Å². The van der Waals surface area contributed by atoms with Crippen molar-refractivity contribution in [3.8, 4) is 0 Å². The van der Waals surface area contributed by atoms with Gasteiger partial charge in [-0.25, -0.2) is 14.5 Å². The van der Waals surface area contributed by atoms with Gasteiger partial charge in [-0.1, -0.05) is 47.7 Å². The quantitative estimate of drug-likeness (QED) is 0.421. The zero-order valence-electron chi connectivity index (χ0n) is 17.4. The Kier molecular flexibility index (Phi) is 4.71. The van der Waals surface area contributed by atoms with Crippen LogP contribution in [0.25, 0.3) is 16.0 Å². The van der Waals surface area contributed by atoms with E-state index in [-0.39, 0.29) is 11.7 Å². The maximum atomic E-state index is 13.6. The van der Waals surface area contributed by atoms with E-state index in [1.807, 2.05) is 50.2 Å². The average molecular weight is 429 g/mol. The number of hydrogen-bond acceptors (Lipinski definition) is 6. The highest BCUT2D eigenvalue weighted by atomic mass is 32.1. The molecule has 0 aliphatic rings. The van der Waals surface area contributed by atoms with Crippen molar-refractivity contribution in [2.45, 2.75) is 27.3 Å². The van der Waals surface area contributed by atoms with Gasteiger partial charge in [-0.3, -0.25) is 9.69 Å². The van der Waals surface area contributed by atoms with Crippen molar-refractivity contribution >= 4 is 38.4 Å². The van der Waals surface area contributed by atoms with Crippen LogP contribution in [0.1, 0.15) is 33.0 Å². The van der Waals surface area contributed by atoms with Gasteiger partial charge in [0.2, 0.25) is 5.82 Å². The lowest BCUT2D eigenvalue weighted by Crippen LogP contribution is -2.31. The Bertz CT molecular complexity index is 1420. The molecule has 7 nitrogen and oxygen atoms in total. The Hall–Kier alpha value is -3.65. The lowest BCUT2D eigenvalue weighted by molar-refractivity contribution is 0.0975. The van der Waals surface area contributed by atoms with Gasteiger partial charge in [-0.2, -0.15) is 4.98 Å². The van der Waals surface area contributed by atoms with Gasteiger partial charge in [0, 0.05) is 11.9 Å². The van der Waals surface area contributed by atoms with Crippen LogP contribution >= 0.6 is 11.3 Å². The predicted molar refractivity (Wildman–Crippen MR) is 122 cm³/mol. The molecule has 0 aliphatic heterocycles. The molecule has 0 radical (unpaired) electrons. The van der Waals surface area contributed by atoms with Gasteiger partial charge in [0.15, 0.2) is 5.13 Å². The maximum Gasteiger partial charge on any atom is 0.300 e. The van der Waals surface area contributed by atoms with Gasteiger partial charge in [0.25, 0.3) is 11.7 Å².